The van der Waals surface area contributed by atoms with E-state index in [0.29, 0.717) is 0 Å². The minimum atomic E-state index is 0.733. The Kier molecular flexibility index (Phi) is 14.0. The lowest BCUT2D eigenvalue weighted by Gasteiger charge is -1.88. The molecule has 0 bridgehead atoms. The Bertz CT molecular complexity index is 33.1. The van der Waals surface area contributed by atoms with Gasteiger partial charge in [-0.05, 0) is 12.8 Å². The second-order valence-electron chi connectivity index (χ2n) is 2.37. The smallest absolute Gasteiger partial charge is 0.0653 e. The summed E-state index contributed by atoms with van der Waals surface area (Å²) in [5.74, 6) is 0.833. The van der Waals surface area contributed by atoms with Gasteiger partial charge in [-0.3, -0.25) is 0 Å². The maximum absolute atomic E-state index is 4.58. The van der Waals surface area contributed by atoms with Crippen LogP contribution in [0.4, 0.5) is 0 Å². The fourth-order valence-corrected chi connectivity index (χ4v) is 0.144. The molecule has 0 saturated carbocycles. The molecule has 0 aliphatic carbocycles. The minimum Gasteiger partial charge on any atom is -0.302 e. The number of rotatable bonds is 2. The number of hydrogen-bond acceptors (Lipinski definition) is 2. The second-order valence-corrected chi connectivity index (χ2v) is 2.37. The van der Waals surface area contributed by atoms with Crippen molar-refractivity contribution in [2.24, 2.45) is 5.92 Å². The van der Waals surface area contributed by atoms with Gasteiger partial charge < -0.3 is 4.84 Å². The Balaban J connectivity index is 0. The Morgan fingerprint density at radius 3 is 1.67 bits per heavy atom. The van der Waals surface area contributed by atoms with E-state index >= 15 is 0 Å². The predicted octanol–water partition coefficient (Wildman–Crippen LogP) is 1.82. The van der Waals surface area contributed by atoms with E-state index in [1.54, 1.807) is 7.05 Å². The molecule has 0 aromatic heterocycles. The van der Waals surface area contributed by atoms with Crippen molar-refractivity contribution >= 4 is 0 Å². The highest BCUT2D eigenvalue weighted by molar-refractivity contribution is 4.20. The molecule has 0 amide bonds. The highest BCUT2D eigenvalue weighted by atomic mass is 16.6. The molecule has 9 heavy (non-hydrogen) atoms. The quantitative estimate of drug-likeness (QED) is 0.580. The van der Waals surface area contributed by atoms with Crippen LogP contribution in [0, 0.1) is 5.92 Å². The van der Waals surface area contributed by atoms with Gasteiger partial charge in [0.05, 0.1) is 6.61 Å². The lowest BCUT2D eigenvalue weighted by atomic mass is 10.3. The van der Waals surface area contributed by atoms with E-state index in [-0.39, 0.29) is 0 Å². The molecule has 0 aliphatic rings. The van der Waals surface area contributed by atoms with Gasteiger partial charge in [-0.15, -0.1) is 0 Å². The van der Waals surface area contributed by atoms with Crippen LogP contribution in [0.15, 0.2) is 0 Å². The molecule has 0 spiro atoms. The number of hydroxylamine groups is 1. The van der Waals surface area contributed by atoms with E-state index in [1.165, 1.54) is 0 Å². The first-order chi connectivity index (χ1) is 4.15. The minimum absolute atomic E-state index is 0.733. The van der Waals surface area contributed by atoms with E-state index in [0.717, 1.165) is 12.5 Å². The van der Waals surface area contributed by atoms with E-state index in [1.807, 2.05) is 6.92 Å². The van der Waals surface area contributed by atoms with Crippen molar-refractivity contribution in [2.45, 2.75) is 27.7 Å². The van der Waals surface area contributed by atoms with Crippen LogP contribution < -0.4 is 5.48 Å². The van der Waals surface area contributed by atoms with Gasteiger partial charge in [0.15, 0.2) is 0 Å². The van der Waals surface area contributed by atoms with Gasteiger partial charge in [0.1, 0.15) is 0 Å². The van der Waals surface area contributed by atoms with E-state index in [9.17, 15) is 0 Å². The topological polar surface area (TPSA) is 21.3 Å². The summed E-state index contributed by atoms with van der Waals surface area (Å²) in [5, 5.41) is 0. The highest BCUT2D eigenvalue weighted by Gasteiger charge is 1.68. The fraction of sp³-hybridized carbons (Fsp3) is 1.00. The molecule has 0 unspecified atom stereocenters. The van der Waals surface area contributed by atoms with Crippen LogP contribution in [0.3, 0.4) is 0 Å². The molecule has 2 nitrogen and oxygen atoms in total. The van der Waals surface area contributed by atoms with Crippen LogP contribution in [-0.2, 0) is 4.84 Å². The highest BCUT2D eigenvalue weighted by Crippen LogP contribution is 1.81. The molecule has 0 aromatic carbocycles. The molecule has 0 heterocycles. The van der Waals surface area contributed by atoms with Crippen LogP contribution in [0.25, 0.3) is 0 Å². The van der Waals surface area contributed by atoms with Crippen molar-refractivity contribution in [2.75, 3.05) is 13.7 Å². The van der Waals surface area contributed by atoms with Crippen molar-refractivity contribution in [1.82, 2.24) is 5.48 Å². The van der Waals surface area contributed by atoms with E-state index in [4.69, 9.17) is 0 Å². The maximum atomic E-state index is 4.58. The third kappa shape index (κ3) is 75.3. The van der Waals surface area contributed by atoms with Crippen LogP contribution in [0.2, 0.25) is 0 Å². The van der Waals surface area contributed by atoms with Gasteiger partial charge in [0, 0.05) is 7.05 Å². The molecular weight excluding hydrogens is 114 g/mol. The molecule has 0 fully saturated rings. The Hall–Kier alpha value is -0.0800. The van der Waals surface area contributed by atoms with Gasteiger partial charge in [0.25, 0.3) is 0 Å². The van der Waals surface area contributed by atoms with Gasteiger partial charge in [-0.2, -0.15) is 0 Å². The Morgan fingerprint density at radius 2 is 1.67 bits per heavy atom. The van der Waals surface area contributed by atoms with Crippen molar-refractivity contribution in [3.05, 3.63) is 0 Å². The molecule has 0 rings (SSSR count). The lowest BCUT2D eigenvalue weighted by molar-refractivity contribution is 0.0687. The van der Waals surface area contributed by atoms with Gasteiger partial charge >= 0.3 is 0 Å². The van der Waals surface area contributed by atoms with Crippen molar-refractivity contribution in [3.8, 4) is 0 Å². The predicted molar refractivity (Wildman–Crippen MR) is 41.2 cm³/mol. The SMILES string of the molecule is CC(C)C.CCONC. The number of nitrogens with one attached hydrogen (secondary N) is 1. The van der Waals surface area contributed by atoms with Crippen LogP contribution in [0.1, 0.15) is 27.7 Å². The van der Waals surface area contributed by atoms with Crippen molar-refractivity contribution < 1.29 is 4.84 Å². The third-order valence-corrected chi connectivity index (χ3v) is 0.289. The fourth-order valence-electron chi connectivity index (χ4n) is 0.144. The summed E-state index contributed by atoms with van der Waals surface area (Å²) in [4.78, 5) is 4.58. The summed E-state index contributed by atoms with van der Waals surface area (Å²) in [6, 6.07) is 0. The second kappa shape index (κ2) is 10.8. The first-order valence-electron chi connectivity index (χ1n) is 3.43. The van der Waals surface area contributed by atoms with Gasteiger partial charge in [-0.25, -0.2) is 5.48 Å². The summed E-state index contributed by atoms with van der Waals surface area (Å²) in [6.07, 6.45) is 0. The summed E-state index contributed by atoms with van der Waals surface area (Å²) in [7, 11) is 1.74. The van der Waals surface area contributed by atoms with Gasteiger partial charge in [-0.1, -0.05) is 20.8 Å². The monoisotopic (exact) mass is 133 g/mol. The average molecular weight is 133 g/mol. The third-order valence-electron chi connectivity index (χ3n) is 0.289. The van der Waals surface area contributed by atoms with Crippen LogP contribution >= 0.6 is 0 Å². The average Bonchev–Trinajstić information content (AvgIpc) is 1.66. The van der Waals surface area contributed by atoms with Crippen molar-refractivity contribution in [1.29, 1.82) is 0 Å². The molecule has 58 valence electrons. The normalized spacial score (nSPS) is 8.67. The molecule has 0 atom stereocenters. The Labute approximate surface area is 58.6 Å². The summed E-state index contributed by atoms with van der Waals surface area (Å²) < 4.78 is 0. The molecular formula is C7H19NO. The van der Waals surface area contributed by atoms with Crippen LogP contribution in [-0.4, -0.2) is 13.7 Å². The summed E-state index contributed by atoms with van der Waals surface area (Å²) in [6.45, 7) is 9.16. The number of hydrogen-bond donors (Lipinski definition) is 1. The van der Waals surface area contributed by atoms with Crippen molar-refractivity contribution in [3.63, 3.8) is 0 Å². The zero-order valence-electron chi connectivity index (χ0n) is 7.19. The van der Waals surface area contributed by atoms with E-state index < -0.39 is 0 Å². The van der Waals surface area contributed by atoms with Crippen LogP contribution in [0.5, 0.6) is 0 Å². The molecule has 0 aliphatic heterocycles. The molecule has 2 heteroatoms. The first kappa shape index (κ1) is 11.7. The molecule has 0 radical (unpaired) electrons. The zero-order valence-corrected chi connectivity index (χ0v) is 7.19. The zero-order chi connectivity index (χ0) is 7.70. The van der Waals surface area contributed by atoms with E-state index in [2.05, 4.69) is 31.1 Å². The standard InChI is InChI=1S/C4H10.C3H9NO/c1-4(2)3;1-3-5-4-2/h4H,1-3H3;4H,3H2,1-2H3. The molecule has 0 aromatic rings. The lowest BCUT2D eigenvalue weighted by Crippen LogP contribution is -2.05. The maximum Gasteiger partial charge on any atom is 0.0653 e. The summed E-state index contributed by atoms with van der Waals surface area (Å²) >= 11 is 0. The van der Waals surface area contributed by atoms with Gasteiger partial charge in [0.2, 0.25) is 0 Å². The molecule has 1 N–H and O–H groups in total. The largest absolute Gasteiger partial charge is 0.302 e. The Morgan fingerprint density at radius 1 is 1.33 bits per heavy atom. The molecule has 0 saturated heterocycles. The summed E-state index contributed by atoms with van der Waals surface area (Å²) in [5.41, 5.74) is 2.52. The first-order valence-corrected chi connectivity index (χ1v) is 3.43.